The number of alkyl halides is 3. The highest BCUT2D eigenvalue weighted by atomic mass is 19.4. The first-order valence-corrected chi connectivity index (χ1v) is 14.7. The molecule has 0 radical (unpaired) electrons. The normalized spacial score (nSPS) is 18.4. The van der Waals surface area contributed by atoms with Crippen LogP contribution in [0.5, 0.6) is 5.75 Å². The Bertz CT molecular complexity index is 1180. The van der Waals surface area contributed by atoms with Gasteiger partial charge in [0, 0.05) is 36.7 Å². The summed E-state index contributed by atoms with van der Waals surface area (Å²) in [6, 6.07) is 5.21. The summed E-state index contributed by atoms with van der Waals surface area (Å²) in [7, 11) is 0. The zero-order valence-electron chi connectivity index (χ0n) is 25.4. The molecule has 2 rings (SSSR count). The first-order chi connectivity index (χ1) is 20.1. The molecule has 0 aliphatic heterocycles. The fourth-order valence-corrected chi connectivity index (χ4v) is 5.41. The summed E-state index contributed by atoms with van der Waals surface area (Å²) < 4.78 is 42.9. The fourth-order valence-electron chi connectivity index (χ4n) is 5.41. The average Bonchev–Trinajstić information content (AvgIpc) is 2.92. The molecule has 0 saturated heterocycles. The Balaban J connectivity index is 2.63. The highest BCUT2D eigenvalue weighted by molar-refractivity contribution is 6.03. The molecule has 43 heavy (non-hydrogen) atoms. The third-order valence-electron chi connectivity index (χ3n) is 7.48. The van der Waals surface area contributed by atoms with Gasteiger partial charge in [-0.3, -0.25) is 14.4 Å². The van der Waals surface area contributed by atoms with Crippen LogP contribution in [-0.2, 0) is 20.8 Å². The molecular formula is C31H45F3N4O5. The number of benzene rings is 1. The van der Waals surface area contributed by atoms with Gasteiger partial charge in [0.05, 0.1) is 11.5 Å². The molecule has 0 bridgehead atoms. The first-order valence-electron chi connectivity index (χ1n) is 14.7. The Morgan fingerprint density at radius 2 is 1.79 bits per heavy atom. The molecule has 1 aliphatic rings. The molecule has 1 aromatic rings. The van der Waals surface area contributed by atoms with E-state index >= 15 is 0 Å². The molecule has 9 nitrogen and oxygen atoms in total. The average molecular weight is 611 g/mol. The fraction of sp³-hybridized carbons (Fsp3) is 0.581. The van der Waals surface area contributed by atoms with Crippen LogP contribution in [0.1, 0.15) is 58.9 Å². The van der Waals surface area contributed by atoms with E-state index in [0.717, 1.165) is 12.5 Å². The van der Waals surface area contributed by atoms with E-state index in [0.29, 0.717) is 44.0 Å². The van der Waals surface area contributed by atoms with Gasteiger partial charge in [-0.25, -0.2) is 0 Å². The largest absolute Gasteiger partial charge is 0.573 e. The smallest absolute Gasteiger partial charge is 0.406 e. The van der Waals surface area contributed by atoms with Gasteiger partial charge in [-0.2, -0.15) is 0 Å². The number of amides is 3. The van der Waals surface area contributed by atoms with E-state index in [9.17, 15) is 32.7 Å². The lowest BCUT2D eigenvalue weighted by molar-refractivity contribution is -0.274. The van der Waals surface area contributed by atoms with E-state index in [-0.39, 0.29) is 36.4 Å². The van der Waals surface area contributed by atoms with Crippen molar-refractivity contribution < 1.29 is 37.4 Å². The van der Waals surface area contributed by atoms with Crippen molar-refractivity contribution >= 4 is 17.7 Å². The molecule has 3 amide bonds. The van der Waals surface area contributed by atoms with Crippen molar-refractivity contribution in [3.8, 4) is 5.75 Å². The second kappa shape index (κ2) is 15.9. The van der Waals surface area contributed by atoms with Crippen LogP contribution < -0.4 is 21.5 Å². The molecule has 12 heteroatoms. The molecule has 240 valence electrons. The Kier molecular flexibility index (Phi) is 13.2. The van der Waals surface area contributed by atoms with Gasteiger partial charge in [0.15, 0.2) is 0 Å². The van der Waals surface area contributed by atoms with Crippen LogP contribution in [0.3, 0.4) is 0 Å². The number of rotatable bonds is 17. The molecule has 0 fully saturated rings. The van der Waals surface area contributed by atoms with Crippen molar-refractivity contribution in [2.45, 2.75) is 72.3 Å². The number of primary amides is 2. The number of aliphatic hydroxyl groups is 1. The monoisotopic (exact) mass is 610 g/mol. The number of nitrogens with two attached hydrogens (primary N) is 2. The molecule has 1 unspecified atom stereocenters. The van der Waals surface area contributed by atoms with E-state index < -0.39 is 41.4 Å². The number of hydrogen-bond donors (Lipinski definition) is 4. The summed E-state index contributed by atoms with van der Waals surface area (Å²) in [4.78, 5) is 41.2. The van der Waals surface area contributed by atoms with Gasteiger partial charge in [0.25, 0.3) is 0 Å². The second-order valence-electron chi connectivity index (χ2n) is 11.5. The Morgan fingerprint density at radius 1 is 1.14 bits per heavy atom. The topological polar surface area (TPSA) is 148 Å². The van der Waals surface area contributed by atoms with Gasteiger partial charge in [0.2, 0.25) is 17.7 Å². The van der Waals surface area contributed by atoms with E-state index in [4.69, 9.17) is 11.5 Å². The minimum Gasteiger partial charge on any atom is -0.406 e. The summed E-state index contributed by atoms with van der Waals surface area (Å²) in [5.74, 6) is -3.32. The third-order valence-corrected chi connectivity index (χ3v) is 7.48. The second-order valence-corrected chi connectivity index (χ2v) is 11.5. The Labute approximate surface area is 251 Å². The van der Waals surface area contributed by atoms with Gasteiger partial charge in [-0.1, -0.05) is 45.9 Å². The number of aliphatic hydroxyl groups excluding tert-OH is 1. The number of hydrogen-bond acceptors (Lipinski definition) is 6. The molecule has 0 aromatic heterocycles. The molecule has 1 aromatic carbocycles. The van der Waals surface area contributed by atoms with Crippen LogP contribution in [0.15, 0.2) is 47.6 Å². The standard InChI is InChI=1S/C31H45F3N4O5/c1-5-12-38(13-6-2)28(41)23-16-22(27(35)40)17-30(18-23,29(36)42)25(26(39)19-37-11-10-20(3)4)15-21-8-7-9-24(14-21)43-31(32,33)34/h7-9,14,16-17,20,25-26,37,39H,5-6,10-13,15,18-19H2,1-4H3,(H2,35,40)(H2,36,42)/t25-,26+,30?/m1/s1. The van der Waals surface area contributed by atoms with Crippen LogP contribution in [0.4, 0.5) is 13.2 Å². The summed E-state index contributed by atoms with van der Waals surface area (Å²) in [5.41, 5.74) is 10.3. The van der Waals surface area contributed by atoms with Crippen molar-refractivity contribution in [2.75, 3.05) is 26.2 Å². The van der Waals surface area contributed by atoms with Crippen molar-refractivity contribution in [1.82, 2.24) is 10.2 Å². The first kappa shape index (κ1) is 35.8. The predicted octanol–water partition coefficient (Wildman–Crippen LogP) is 3.60. The molecular weight excluding hydrogens is 565 g/mol. The number of ether oxygens (including phenoxy) is 1. The van der Waals surface area contributed by atoms with E-state index in [1.165, 1.54) is 30.4 Å². The summed E-state index contributed by atoms with van der Waals surface area (Å²) in [6.45, 7) is 9.41. The SMILES string of the molecule is CCCN(CCC)C(=O)C1=CC(C(N)=O)=CC(C(N)=O)([C@H](Cc2cccc(OC(F)(F)F)c2)[C@@H](O)CNCCC(C)C)C1. The number of carbonyl (C=O) groups is 3. The van der Waals surface area contributed by atoms with Crippen molar-refractivity contribution in [3.05, 3.63) is 53.1 Å². The van der Waals surface area contributed by atoms with Crippen LogP contribution in [0.2, 0.25) is 0 Å². The molecule has 0 spiro atoms. The maximum Gasteiger partial charge on any atom is 0.573 e. The highest BCUT2D eigenvalue weighted by Gasteiger charge is 2.49. The van der Waals surface area contributed by atoms with Gasteiger partial charge in [-0.15, -0.1) is 13.2 Å². The van der Waals surface area contributed by atoms with Crippen LogP contribution >= 0.6 is 0 Å². The molecule has 1 aliphatic carbocycles. The number of nitrogens with one attached hydrogen (secondary N) is 1. The zero-order chi connectivity index (χ0) is 32.4. The van der Waals surface area contributed by atoms with Crippen LogP contribution in [0, 0.1) is 17.3 Å². The van der Waals surface area contributed by atoms with Crippen molar-refractivity contribution in [3.63, 3.8) is 0 Å². The van der Waals surface area contributed by atoms with E-state index in [2.05, 4.69) is 10.1 Å². The quantitative estimate of drug-likeness (QED) is 0.198. The maximum atomic E-state index is 13.7. The zero-order valence-corrected chi connectivity index (χ0v) is 25.4. The van der Waals surface area contributed by atoms with Crippen LogP contribution in [-0.4, -0.2) is 66.4 Å². The molecule has 0 saturated carbocycles. The maximum absolute atomic E-state index is 13.7. The number of carbonyl (C=O) groups excluding carboxylic acids is 3. The predicted molar refractivity (Wildman–Crippen MR) is 157 cm³/mol. The minimum absolute atomic E-state index is 0.0235. The van der Waals surface area contributed by atoms with Gasteiger partial charge in [-0.05, 0) is 68.3 Å². The Hall–Kier alpha value is -3.38. The molecule has 3 atom stereocenters. The van der Waals surface area contributed by atoms with Crippen LogP contribution in [0.25, 0.3) is 0 Å². The summed E-state index contributed by atoms with van der Waals surface area (Å²) >= 11 is 0. The van der Waals surface area contributed by atoms with Gasteiger partial charge in [0.1, 0.15) is 5.75 Å². The third kappa shape index (κ3) is 10.4. The highest BCUT2D eigenvalue weighted by Crippen LogP contribution is 2.44. The lowest BCUT2D eigenvalue weighted by atomic mass is 9.63. The van der Waals surface area contributed by atoms with E-state index in [1.807, 2.05) is 27.7 Å². The Morgan fingerprint density at radius 3 is 2.33 bits per heavy atom. The summed E-state index contributed by atoms with van der Waals surface area (Å²) in [5, 5.41) is 14.7. The van der Waals surface area contributed by atoms with Gasteiger partial charge < -0.3 is 31.5 Å². The molecule has 0 heterocycles. The lowest BCUT2D eigenvalue weighted by Gasteiger charge is -2.42. The minimum atomic E-state index is -4.92. The summed E-state index contributed by atoms with van der Waals surface area (Å²) in [6.07, 6.45) is -1.70. The number of halogens is 3. The van der Waals surface area contributed by atoms with Gasteiger partial charge >= 0.3 is 6.36 Å². The van der Waals surface area contributed by atoms with Crippen molar-refractivity contribution in [2.24, 2.45) is 28.7 Å². The number of nitrogens with zero attached hydrogens (tertiary/aromatic N) is 1. The van der Waals surface area contributed by atoms with Crippen molar-refractivity contribution in [1.29, 1.82) is 0 Å². The molecule has 6 N–H and O–H groups in total. The lowest BCUT2D eigenvalue weighted by Crippen LogP contribution is -2.52. The van der Waals surface area contributed by atoms with E-state index in [1.54, 1.807) is 4.90 Å².